The van der Waals surface area contributed by atoms with E-state index >= 15 is 0 Å². The number of nitrogens with zero attached hydrogens (tertiary/aromatic N) is 1. The van der Waals surface area contributed by atoms with Crippen LogP contribution in [0.4, 0.5) is 5.69 Å². The van der Waals surface area contributed by atoms with Crippen molar-refractivity contribution in [2.45, 2.75) is 39.5 Å². The number of nitrogens with one attached hydrogen (secondary N) is 2. The van der Waals surface area contributed by atoms with E-state index in [2.05, 4.69) is 15.4 Å². The van der Waals surface area contributed by atoms with Gasteiger partial charge < -0.3 is 20.3 Å². The number of thiocarbonyl (C=S) groups is 1. The lowest BCUT2D eigenvalue weighted by Gasteiger charge is -2.21. The van der Waals surface area contributed by atoms with Gasteiger partial charge in [-0.05, 0) is 49.3 Å². The summed E-state index contributed by atoms with van der Waals surface area (Å²) < 4.78 is 4.48. The summed E-state index contributed by atoms with van der Waals surface area (Å²) in [6, 6.07) is 6.92. The molecule has 1 aromatic carbocycles. The summed E-state index contributed by atoms with van der Waals surface area (Å²) >= 11 is 5.08. The van der Waals surface area contributed by atoms with E-state index in [1.807, 2.05) is 18.7 Å². The van der Waals surface area contributed by atoms with Crippen LogP contribution in [0.1, 0.15) is 49.9 Å². The maximum Gasteiger partial charge on any atom is 0.306 e. The average Bonchev–Trinajstić information content (AvgIpc) is 2.65. The fraction of sp³-hybridized carbons (Fsp3) is 0.474. The first kappa shape index (κ1) is 22.6. The van der Waals surface area contributed by atoms with Crippen molar-refractivity contribution in [2.75, 3.05) is 25.5 Å². The molecule has 7 nitrogen and oxygen atoms in total. The molecule has 0 saturated carbocycles. The molecule has 0 aliphatic rings. The van der Waals surface area contributed by atoms with E-state index in [1.54, 1.807) is 24.3 Å². The molecular weight excluding hydrogens is 366 g/mol. The van der Waals surface area contributed by atoms with Gasteiger partial charge in [0.05, 0.1) is 13.5 Å². The van der Waals surface area contributed by atoms with E-state index in [9.17, 15) is 14.4 Å². The SMILES string of the molecule is CCCN(CCC)C(=O)c1ccc(NC(=S)NC(=O)CCC(=O)OC)cc1. The van der Waals surface area contributed by atoms with Crippen LogP contribution in [-0.4, -0.2) is 48.0 Å². The van der Waals surface area contributed by atoms with E-state index in [1.165, 1.54) is 7.11 Å². The van der Waals surface area contributed by atoms with Crippen LogP contribution in [0.2, 0.25) is 0 Å². The second-order valence-electron chi connectivity index (χ2n) is 5.95. The van der Waals surface area contributed by atoms with Crippen molar-refractivity contribution < 1.29 is 19.1 Å². The minimum absolute atomic E-state index is 0.00365. The van der Waals surface area contributed by atoms with Crippen LogP contribution in [0.25, 0.3) is 0 Å². The molecule has 0 bridgehead atoms. The number of anilines is 1. The first-order valence-corrected chi connectivity index (χ1v) is 9.39. The van der Waals surface area contributed by atoms with E-state index < -0.39 is 5.97 Å². The molecule has 0 radical (unpaired) electrons. The second kappa shape index (κ2) is 12.0. The molecule has 0 heterocycles. The quantitative estimate of drug-likeness (QED) is 0.495. The van der Waals surface area contributed by atoms with Crippen LogP contribution in [-0.2, 0) is 14.3 Å². The van der Waals surface area contributed by atoms with Gasteiger partial charge >= 0.3 is 5.97 Å². The highest BCUT2D eigenvalue weighted by molar-refractivity contribution is 7.80. The predicted molar refractivity (Wildman–Crippen MR) is 109 cm³/mol. The molecule has 0 aromatic heterocycles. The molecule has 0 unspecified atom stereocenters. The van der Waals surface area contributed by atoms with Gasteiger partial charge in [-0.2, -0.15) is 0 Å². The van der Waals surface area contributed by atoms with Crippen molar-refractivity contribution in [3.8, 4) is 0 Å². The zero-order chi connectivity index (χ0) is 20.2. The number of hydrogen-bond acceptors (Lipinski definition) is 5. The van der Waals surface area contributed by atoms with Crippen molar-refractivity contribution in [3.63, 3.8) is 0 Å². The predicted octanol–water partition coefficient (Wildman–Crippen LogP) is 2.72. The minimum atomic E-state index is -0.454. The molecule has 0 aliphatic carbocycles. The van der Waals surface area contributed by atoms with Gasteiger partial charge in [0.25, 0.3) is 5.91 Å². The normalized spacial score (nSPS) is 10.0. The lowest BCUT2D eigenvalue weighted by Crippen LogP contribution is -2.34. The monoisotopic (exact) mass is 393 g/mol. The van der Waals surface area contributed by atoms with Crippen molar-refractivity contribution in [2.24, 2.45) is 0 Å². The maximum atomic E-state index is 12.5. The summed E-state index contributed by atoms with van der Waals surface area (Å²) in [6.07, 6.45) is 1.81. The molecular formula is C19H27N3O4S. The number of benzene rings is 1. The molecule has 0 aliphatic heterocycles. The first-order chi connectivity index (χ1) is 12.9. The summed E-state index contributed by atoms with van der Waals surface area (Å²) in [4.78, 5) is 37.1. The van der Waals surface area contributed by atoms with E-state index in [0.717, 1.165) is 25.9 Å². The van der Waals surface area contributed by atoms with Gasteiger partial charge in [0.2, 0.25) is 5.91 Å². The number of ether oxygens (including phenoxy) is 1. The molecule has 0 fully saturated rings. The fourth-order valence-corrected chi connectivity index (χ4v) is 2.63. The summed E-state index contributed by atoms with van der Waals surface area (Å²) in [6.45, 7) is 5.55. The Labute approximate surface area is 165 Å². The number of hydrogen-bond donors (Lipinski definition) is 2. The number of amides is 2. The van der Waals surface area contributed by atoms with Crippen molar-refractivity contribution in [3.05, 3.63) is 29.8 Å². The number of carbonyl (C=O) groups is 3. The Morgan fingerprint density at radius 3 is 2.15 bits per heavy atom. The molecule has 0 spiro atoms. The number of esters is 1. The third-order valence-electron chi connectivity index (χ3n) is 3.70. The molecule has 2 amide bonds. The standard InChI is InChI=1S/C19H27N3O4S/c1-4-12-22(13-5-2)18(25)14-6-8-15(9-7-14)20-19(27)21-16(23)10-11-17(24)26-3/h6-9H,4-5,10-13H2,1-3H3,(H2,20,21,23,27). The van der Waals surface area contributed by atoms with Crippen LogP contribution in [0.5, 0.6) is 0 Å². The summed E-state index contributed by atoms with van der Waals surface area (Å²) in [5.41, 5.74) is 1.26. The Morgan fingerprint density at radius 1 is 1.04 bits per heavy atom. The van der Waals surface area contributed by atoms with Gasteiger partial charge in [-0.25, -0.2) is 0 Å². The van der Waals surface area contributed by atoms with Crippen LogP contribution >= 0.6 is 12.2 Å². The van der Waals surface area contributed by atoms with Crippen LogP contribution in [0.15, 0.2) is 24.3 Å². The van der Waals surface area contributed by atoms with Crippen molar-refractivity contribution in [1.82, 2.24) is 10.2 Å². The highest BCUT2D eigenvalue weighted by Crippen LogP contribution is 2.12. The highest BCUT2D eigenvalue weighted by Gasteiger charge is 2.14. The molecule has 1 rings (SSSR count). The second-order valence-corrected chi connectivity index (χ2v) is 6.36. The van der Waals surface area contributed by atoms with Crippen LogP contribution < -0.4 is 10.6 Å². The Hall–Kier alpha value is -2.48. The summed E-state index contributed by atoms with van der Waals surface area (Å²) in [7, 11) is 1.27. The topological polar surface area (TPSA) is 87.7 Å². The van der Waals surface area contributed by atoms with E-state index in [-0.39, 0.29) is 29.8 Å². The first-order valence-electron chi connectivity index (χ1n) is 8.98. The van der Waals surface area contributed by atoms with Crippen molar-refractivity contribution in [1.29, 1.82) is 0 Å². The molecule has 2 N–H and O–H groups in total. The number of rotatable bonds is 9. The van der Waals surface area contributed by atoms with E-state index in [0.29, 0.717) is 11.3 Å². The van der Waals surface area contributed by atoms with Gasteiger partial charge in [-0.1, -0.05) is 13.8 Å². The van der Waals surface area contributed by atoms with E-state index in [4.69, 9.17) is 12.2 Å². The molecule has 148 valence electrons. The largest absolute Gasteiger partial charge is 0.469 e. The zero-order valence-electron chi connectivity index (χ0n) is 16.0. The number of methoxy groups -OCH3 is 1. The van der Waals surface area contributed by atoms with Gasteiger partial charge in [0, 0.05) is 30.8 Å². The zero-order valence-corrected chi connectivity index (χ0v) is 16.9. The molecule has 0 atom stereocenters. The number of carbonyl (C=O) groups excluding carboxylic acids is 3. The van der Waals surface area contributed by atoms with Crippen molar-refractivity contribution >= 4 is 40.8 Å². The Kier molecular flexibility index (Phi) is 10.0. The maximum absolute atomic E-state index is 12.5. The third kappa shape index (κ3) is 8.17. The molecule has 1 aromatic rings. The lowest BCUT2D eigenvalue weighted by molar-refractivity contribution is -0.142. The Morgan fingerprint density at radius 2 is 1.63 bits per heavy atom. The molecule has 8 heteroatoms. The highest BCUT2D eigenvalue weighted by atomic mass is 32.1. The molecule has 27 heavy (non-hydrogen) atoms. The molecule has 0 saturated heterocycles. The lowest BCUT2D eigenvalue weighted by atomic mass is 10.1. The average molecular weight is 394 g/mol. The van der Waals surface area contributed by atoms with Crippen LogP contribution in [0.3, 0.4) is 0 Å². The van der Waals surface area contributed by atoms with Gasteiger partial charge in [-0.15, -0.1) is 0 Å². The van der Waals surface area contributed by atoms with Gasteiger partial charge in [0.1, 0.15) is 0 Å². The smallest absolute Gasteiger partial charge is 0.306 e. The van der Waals surface area contributed by atoms with Gasteiger partial charge in [0.15, 0.2) is 5.11 Å². The van der Waals surface area contributed by atoms with Gasteiger partial charge in [-0.3, -0.25) is 14.4 Å². The summed E-state index contributed by atoms with van der Waals surface area (Å²) in [5, 5.41) is 5.50. The minimum Gasteiger partial charge on any atom is -0.469 e. The van der Waals surface area contributed by atoms with Crippen LogP contribution in [0, 0.1) is 0 Å². The summed E-state index contributed by atoms with van der Waals surface area (Å²) in [5.74, 6) is -0.826. The Bertz CT molecular complexity index is 655. The Balaban J connectivity index is 2.58. The third-order valence-corrected chi connectivity index (χ3v) is 3.90. The fourth-order valence-electron chi connectivity index (χ4n) is 2.40.